The van der Waals surface area contributed by atoms with E-state index < -0.39 is 0 Å². The molecule has 0 radical (unpaired) electrons. The highest BCUT2D eigenvalue weighted by Gasteiger charge is 2.18. The van der Waals surface area contributed by atoms with Gasteiger partial charge in [0.1, 0.15) is 10.8 Å². The van der Waals surface area contributed by atoms with Crippen LogP contribution in [0.4, 0.5) is 0 Å². The third-order valence-corrected chi connectivity index (χ3v) is 5.67. The molecule has 3 rings (SSSR count). The van der Waals surface area contributed by atoms with Crippen molar-refractivity contribution >= 4 is 28.7 Å². The van der Waals surface area contributed by atoms with E-state index >= 15 is 0 Å². The van der Waals surface area contributed by atoms with Crippen molar-refractivity contribution in [2.45, 2.75) is 13.5 Å². The van der Waals surface area contributed by atoms with Gasteiger partial charge in [-0.05, 0) is 43.8 Å². The first-order chi connectivity index (χ1) is 13.0. The van der Waals surface area contributed by atoms with Gasteiger partial charge in [-0.2, -0.15) is 0 Å². The fourth-order valence-corrected chi connectivity index (χ4v) is 3.91. The molecule has 4 nitrogen and oxygen atoms in total. The average Bonchev–Trinajstić information content (AvgIpc) is 3.04. The number of nitrogens with zero attached hydrogens (tertiary/aromatic N) is 2. The molecule has 1 heterocycles. The Labute approximate surface area is 168 Å². The number of aryl methyl sites for hydroxylation is 1. The highest BCUT2D eigenvalue weighted by Crippen LogP contribution is 2.29. The minimum Gasteiger partial charge on any atom is -0.497 e. The summed E-state index contributed by atoms with van der Waals surface area (Å²) in [6, 6.07) is 15.4. The Hall–Kier alpha value is -2.21. The number of carbonyl (C=O) groups is 1. The van der Waals surface area contributed by atoms with Gasteiger partial charge < -0.3 is 4.74 Å². The van der Waals surface area contributed by atoms with Crippen molar-refractivity contribution in [1.29, 1.82) is 0 Å². The molecule has 0 amide bonds. The Morgan fingerprint density at radius 1 is 1.15 bits per heavy atom. The normalized spacial score (nSPS) is 11.0. The third kappa shape index (κ3) is 4.95. The fourth-order valence-electron chi connectivity index (χ4n) is 2.79. The van der Waals surface area contributed by atoms with Crippen molar-refractivity contribution in [3.05, 3.63) is 69.7 Å². The van der Waals surface area contributed by atoms with Gasteiger partial charge in [0.15, 0.2) is 5.78 Å². The SMILES string of the molecule is COc1ccc(CN(C)CC(=O)c2sc(-c3ccc(Cl)cc3)nc2C)cc1. The van der Waals surface area contributed by atoms with Crippen LogP contribution in [0.3, 0.4) is 0 Å². The van der Waals surface area contributed by atoms with Crippen molar-refractivity contribution in [3.63, 3.8) is 0 Å². The number of benzene rings is 2. The number of rotatable bonds is 7. The molecular weight excluding hydrogens is 380 g/mol. The molecule has 1 aromatic heterocycles. The van der Waals surface area contributed by atoms with E-state index in [4.69, 9.17) is 16.3 Å². The number of halogens is 1. The number of hydrogen-bond acceptors (Lipinski definition) is 5. The van der Waals surface area contributed by atoms with Crippen molar-refractivity contribution in [3.8, 4) is 16.3 Å². The first-order valence-corrected chi connectivity index (χ1v) is 9.73. The zero-order chi connectivity index (χ0) is 19.4. The molecule has 0 saturated carbocycles. The van der Waals surface area contributed by atoms with Gasteiger partial charge in [0, 0.05) is 17.1 Å². The van der Waals surface area contributed by atoms with Gasteiger partial charge in [-0.15, -0.1) is 11.3 Å². The summed E-state index contributed by atoms with van der Waals surface area (Å²) in [5.41, 5.74) is 2.87. The number of thiazole rings is 1. The lowest BCUT2D eigenvalue weighted by molar-refractivity contribution is 0.0946. The van der Waals surface area contributed by atoms with Crippen LogP contribution in [0.2, 0.25) is 5.02 Å². The summed E-state index contributed by atoms with van der Waals surface area (Å²) in [7, 11) is 3.59. The second-order valence-electron chi connectivity index (χ2n) is 6.38. The highest BCUT2D eigenvalue weighted by molar-refractivity contribution is 7.17. The molecule has 3 aromatic rings. The molecule has 140 valence electrons. The fraction of sp³-hybridized carbons (Fsp3) is 0.238. The second-order valence-corrected chi connectivity index (χ2v) is 7.82. The average molecular weight is 401 g/mol. The van der Waals surface area contributed by atoms with Crippen LogP contribution in [-0.4, -0.2) is 36.4 Å². The van der Waals surface area contributed by atoms with Crippen molar-refractivity contribution in [1.82, 2.24) is 9.88 Å². The van der Waals surface area contributed by atoms with Crippen LogP contribution in [0.25, 0.3) is 10.6 Å². The largest absolute Gasteiger partial charge is 0.497 e. The van der Waals surface area contributed by atoms with E-state index in [1.807, 2.05) is 67.4 Å². The van der Waals surface area contributed by atoms with Crippen LogP contribution in [0, 0.1) is 6.92 Å². The van der Waals surface area contributed by atoms with E-state index in [-0.39, 0.29) is 5.78 Å². The lowest BCUT2D eigenvalue weighted by Crippen LogP contribution is -2.25. The molecule has 6 heteroatoms. The van der Waals surface area contributed by atoms with Gasteiger partial charge in [-0.3, -0.25) is 9.69 Å². The van der Waals surface area contributed by atoms with Gasteiger partial charge in [0.05, 0.1) is 24.2 Å². The van der Waals surface area contributed by atoms with Crippen molar-refractivity contribution in [2.24, 2.45) is 0 Å². The summed E-state index contributed by atoms with van der Waals surface area (Å²) in [6.45, 7) is 2.92. The predicted octanol–water partition coefficient (Wildman–Crippen LogP) is 5.10. The zero-order valence-corrected chi connectivity index (χ0v) is 17.1. The smallest absolute Gasteiger partial charge is 0.188 e. The molecule has 0 fully saturated rings. The standard InChI is InChI=1S/C21H21ClN2O2S/c1-14-20(27-21(23-14)16-6-8-17(22)9-7-16)19(25)13-24(2)12-15-4-10-18(26-3)11-5-15/h4-11H,12-13H2,1-3H3. The van der Waals surface area contributed by atoms with Gasteiger partial charge in [-0.1, -0.05) is 35.9 Å². The van der Waals surface area contributed by atoms with Crippen molar-refractivity contribution in [2.75, 3.05) is 20.7 Å². The number of aromatic nitrogens is 1. The van der Waals surface area contributed by atoms with Crippen LogP contribution in [0.1, 0.15) is 20.9 Å². The van der Waals surface area contributed by atoms with Gasteiger partial charge in [0.2, 0.25) is 0 Å². The Morgan fingerprint density at radius 3 is 2.44 bits per heavy atom. The summed E-state index contributed by atoms with van der Waals surface area (Å²) >= 11 is 7.38. The molecule has 0 unspecified atom stereocenters. The highest BCUT2D eigenvalue weighted by atomic mass is 35.5. The summed E-state index contributed by atoms with van der Waals surface area (Å²) in [5.74, 6) is 0.911. The Morgan fingerprint density at radius 2 is 1.81 bits per heavy atom. The first-order valence-electron chi connectivity index (χ1n) is 8.54. The number of ketones is 1. The van der Waals surface area contributed by atoms with E-state index in [1.165, 1.54) is 11.3 Å². The van der Waals surface area contributed by atoms with Crippen LogP contribution in [0.5, 0.6) is 5.75 Å². The second kappa shape index (κ2) is 8.65. The van der Waals surface area contributed by atoms with Crippen molar-refractivity contribution < 1.29 is 9.53 Å². The summed E-state index contributed by atoms with van der Waals surface area (Å²) < 4.78 is 5.17. The molecule has 2 aromatic carbocycles. The minimum absolute atomic E-state index is 0.0845. The zero-order valence-electron chi connectivity index (χ0n) is 15.5. The number of hydrogen-bond donors (Lipinski definition) is 0. The summed E-state index contributed by atoms with van der Waals surface area (Å²) in [5, 5.41) is 1.52. The third-order valence-electron chi connectivity index (χ3n) is 4.17. The van der Waals surface area contributed by atoms with E-state index in [0.717, 1.165) is 27.6 Å². The monoisotopic (exact) mass is 400 g/mol. The Bertz CT molecular complexity index is 920. The molecular formula is C21H21ClN2O2S. The van der Waals surface area contributed by atoms with E-state index in [2.05, 4.69) is 4.98 Å². The maximum Gasteiger partial charge on any atom is 0.188 e. The lowest BCUT2D eigenvalue weighted by Gasteiger charge is -2.15. The number of carbonyl (C=O) groups excluding carboxylic acids is 1. The molecule has 0 saturated heterocycles. The maximum absolute atomic E-state index is 12.8. The Balaban J connectivity index is 1.67. The number of Topliss-reactive ketones (excluding diaryl/α,β-unsaturated/α-hetero) is 1. The van der Waals surface area contributed by atoms with Crippen LogP contribution in [-0.2, 0) is 6.54 Å². The quantitative estimate of drug-likeness (QED) is 0.518. The summed E-state index contributed by atoms with van der Waals surface area (Å²) in [4.78, 5) is 20.0. The van der Waals surface area contributed by atoms with Crippen LogP contribution < -0.4 is 4.74 Å². The van der Waals surface area contributed by atoms with Crippen LogP contribution >= 0.6 is 22.9 Å². The van der Waals surface area contributed by atoms with Gasteiger partial charge in [0.25, 0.3) is 0 Å². The van der Waals surface area contributed by atoms with Gasteiger partial charge >= 0.3 is 0 Å². The lowest BCUT2D eigenvalue weighted by atomic mass is 10.2. The molecule has 0 N–H and O–H groups in total. The molecule has 0 atom stereocenters. The predicted molar refractivity (Wildman–Crippen MR) is 111 cm³/mol. The number of ether oxygens (including phenoxy) is 1. The number of methoxy groups -OCH3 is 1. The topological polar surface area (TPSA) is 42.4 Å². The molecule has 27 heavy (non-hydrogen) atoms. The van der Waals surface area contributed by atoms with E-state index in [1.54, 1.807) is 7.11 Å². The molecule has 0 bridgehead atoms. The molecule has 0 spiro atoms. The first kappa shape index (κ1) is 19.5. The number of likely N-dealkylation sites (N-methyl/N-ethyl adjacent to an activating group) is 1. The summed E-state index contributed by atoms with van der Waals surface area (Å²) in [6.07, 6.45) is 0. The van der Waals surface area contributed by atoms with E-state index in [0.29, 0.717) is 23.0 Å². The molecule has 0 aliphatic carbocycles. The van der Waals surface area contributed by atoms with E-state index in [9.17, 15) is 4.79 Å². The Kier molecular flexibility index (Phi) is 6.26. The van der Waals surface area contributed by atoms with Gasteiger partial charge in [-0.25, -0.2) is 4.98 Å². The molecule has 0 aliphatic heterocycles. The maximum atomic E-state index is 12.8. The van der Waals surface area contributed by atoms with Crippen LogP contribution in [0.15, 0.2) is 48.5 Å². The molecule has 0 aliphatic rings. The minimum atomic E-state index is 0.0845.